The summed E-state index contributed by atoms with van der Waals surface area (Å²) in [5.74, 6) is -0.640. The number of carbonyl (C=O) groups excluding carboxylic acids is 2. The molecule has 3 rings (SSSR count). The van der Waals surface area contributed by atoms with Crippen molar-refractivity contribution in [2.24, 2.45) is 0 Å². The van der Waals surface area contributed by atoms with E-state index in [1.165, 1.54) is 12.1 Å². The van der Waals surface area contributed by atoms with Crippen molar-refractivity contribution in [3.63, 3.8) is 0 Å². The van der Waals surface area contributed by atoms with Gasteiger partial charge >= 0.3 is 6.03 Å². The number of hydrogen-bond acceptors (Lipinski definition) is 3. The quantitative estimate of drug-likeness (QED) is 0.581. The number of rotatable bonds is 6. The Morgan fingerprint density at radius 2 is 1.87 bits per heavy atom. The number of hydrogen-bond donors (Lipinski definition) is 3. The molecule has 0 radical (unpaired) electrons. The van der Waals surface area contributed by atoms with E-state index in [4.69, 9.17) is 0 Å². The molecule has 0 bridgehead atoms. The first-order valence-electron chi connectivity index (χ1n) is 9.55. The topological polar surface area (TPSA) is 88.1 Å². The summed E-state index contributed by atoms with van der Waals surface area (Å²) in [7, 11) is 0. The fourth-order valence-electron chi connectivity index (χ4n) is 3.12. The predicted molar refractivity (Wildman–Crippen MR) is 113 cm³/mol. The summed E-state index contributed by atoms with van der Waals surface area (Å²) in [6.07, 6.45) is 1.67. The van der Waals surface area contributed by atoms with Crippen molar-refractivity contribution in [3.05, 3.63) is 77.4 Å². The lowest BCUT2D eigenvalue weighted by atomic mass is 10.1. The van der Waals surface area contributed by atoms with Gasteiger partial charge in [-0.25, -0.2) is 13.9 Å². The molecule has 0 aliphatic rings. The first-order valence-corrected chi connectivity index (χ1v) is 9.55. The molecule has 0 aliphatic carbocycles. The van der Waals surface area contributed by atoms with Gasteiger partial charge in [-0.15, -0.1) is 0 Å². The third-order valence-electron chi connectivity index (χ3n) is 4.65. The molecule has 1 heterocycles. The van der Waals surface area contributed by atoms with Gasteiger partial charge in [-0.3, -0.25) is 4.79 Å². The van der Waals surface area contributed by atoms with E-state index in [1.807, 2.05) is 39.0 Å². The molecule has 3 N–H and O–H groups in total. The van der Waals surface area contributed by atoms with Gasteiger partial charge in [-0.1, -0.05) is 12.1 Å². The van der Waals surface area contributed by atoms with Crippen LogP contribution in [0.15, 0.2) is 54.7 Å². The van der Waals surface area contributed by atoms with Crippen LogP contribution < -0.4 is 16.0 Å². The molecule has 1 unspecified atom stereocenters. The number of nitrogens with zero attached hydrogens (tertiary/aromatic N) is 2. The third kappa shape index (κ3) is 5.22. The summed E-state index contributed by atoms with van der Waals surface area (Å²) in [4.78, 5) is 24.2. The molecule has 0 aliphatic heterocycles. The van der Waals surface area contributed by atoms with Crippen molar-refractivity contribution in [1.29, 1.82) is 0 Å². The fraction of sp³-hybridized carbons (Fsp3) is 0.227. The molecule has 0 saturated heterocycles. The summed E-state index contributed by atoms with van der Waals surface area (Å²) in [6.45, 7) is 5.48. The zero-order chi connectivity index (χ0) is 21.7. The first-order chi connectivity index (χ1) is 14.3. The van der Waals surface area contributed by atoms with Crippen molar-refractivity contribution in [1.82, 2.24) is 20.4 Å². The predicted octanol–water partition coefficient (Wildman–Crippen LogP) is 3.63. The average molecular weight is 409 g/mol. The molecule has 7 nitrogen and oxygen atoms in total. The number of benzene rings is 2. The van der Waals surface area contributed by atoms with Crippen LogP contribution in [0, 0.1) is 19.7 Å². The first kappa shape index (κ1) is 21.0. The molecule has 3 aromatic rings. The number of halogens is 1. The zero-order valence-electron chi connectivity index (χ0n) is 17.1. The number of anilines is 1. The molecule has 0 spiro atoms. The Labute approximate surface area is 174 Å². The van der Waals surface area contributed by atoms with Crippen molar-refractivity contribution in [2.75, 3.05) is 11.9 Å². The lowest BCUT2D eigenvalue weighted by Gasteiger charge is -2.15. The monoisotopic (exact) mass is 409 g/mol. The molecule has 3 amide bonds. The van der Waals surface area contributed by atoms with Gasteiger partial charge in [-0.05, 0) is 62.7 Å². The van der Waals surface area contributed by atoms with Gasteiger partial charge in [0.15, 0.2) is 0 Å². The minimum atomic E-state index is -0.455. The number of amides is 3. The van der Waals surface area contributed by atoms with E-state index >= 15 is 0 Å². The normalized spacial score (nSPS) is 11.6. The summed E-state index contributed by atoms with van der Waals surface area (Å²) in [5.41, 5.74) is 4.07. The second-order valence-electron chi connectivity index (χ2n) is 7.04. The van der Waals surface area contributed by atoms with E-state index in [2.05, 4.69) is 21.0 Å². The second-order valence-corrected chi connectivity index (χ2v) is 7.04. The van der Waals surface area contributed by atoms with E-state index in [9.17, 15) is 14.0 Å². The Bertz CT molecular complexity index is 1050. The molecule has 30 heavy (non-hydrogen) atoms. The van der Waals surface area contributed by atoms with Crippen LogP contribution in [0.25, 0.3) is 5.69 Å². The Hall–Kier alpha value is -3.68. The van der Waals surface area contributed by atoms with Crippen LogP contribution in [-0.4, -0.2) is 28.3 Å². The molecular formula is C22H24FN5O2. The fourth-order valence-corrected chi connectivity index (χ4v) is 3.12. The Kier molecular flexibility index (Phi) is 6.46. The van der Waals surface area contributed by atoms with Crippen LogP contribution in [0.3, 0.4) is 0 Å². The van der Waals surface area contributed by atoms with Crippen molar-refractivity contribution >= 4 is 17.6 Å². The Morgan fingerprint density at radius 1 is 1.13 bits per heavy atom. The molecule has 0 saturated carbocycles. The summed E-state index contributed by atoms with van der Waals surface area (Å²) >= 11 is 0. The highest BCUT2D eigenvalue weighted by molar-refractivity contribution is 5.92. The number of carbonyl (C=O) groups is 2. The largest absolute Gasteiger partial charge is 0.348 e. The molecule has 1 aromatic heterocycles. The lowest BCUT2D eigenvalue weighted by molar-refractivity contribution is -0.120. The summed E-state index contributed by atoms with van der Waals surface area (Å²) in [5, 5.41) is 12.4. The van der Waals surface area contributed by atoms with Crippen LogP contribution in [0.1, 0.15) is 29.8 Å². The van der Waals surface area contributed by atoms with Gasteiger partial charge in [0.25, 0.3) is 0 Å². The Morgan fingerprint density at radius 3 is 2.57 bits per heavy atom. The van der Waals surface area contributed by atoms with Crippen molar-refractivity contribution < 1.29 is 14.0 Å². The standard InChI is InChI=1S/C22H24FN5O2/c1-14-5-4-6-18(11-14)27-22(30)24-13-21(29)26-15(2)20-12-25-28(16(20)3)19-9-7-17(23)8-10-19/h4-12,15H,13H2,1-3H3,(H,26,29)(H2,24,27,30). The van der Waals surface area contributed by atoms with Crippen LogP contribution in [0.2, 0.25) is 0 Å². The van der Waals surface area contributed by atoms with E-state index in [1.54, 1.807) is 29.1 Å². The molecule has 0 fully saturated rings. The zero-order valence-corrected chi connectivity index (χ0v) is 17.1. The number of nitrogens with one attached hydrogen (secondary N) is 3. The maximum absolute atomic E-state index is 13.1. The lowest BCUT2D eigenvalue weighted by Crippen LogP contribution is -2.39. The van der Waals surface area contributed by atoms with Gasteiger partial charge < -0.3 is 16.0 Å². The average Bonchev–Trinajstić information content (AvgIpc) is 3.08. The van der Waals surface area contributed by atoms with Gasteiger partial charge in [0.1, 0.15) is 5.82 Å². The van der Waals surface area contributed by atoms with E-state index in [0.717, 1.165) is 22.5 Å². The van der Waals surface area contributed by atoms with Gasteiger partial charge in [0.05, 0.1) is 24.5 Å². The molecule has 2 aromatic carbocycles. The van der Waals surface area contributed by atoms with E-state index in [0.29, 0.717) is 5.69 Å². The van der Waals surface area contributed by atoms with Crippen molar-refractivity contribution in [3.8, 4) is 5.69 Å². The minimum absolute atomic E-state index is 0.160. The molecular weight excluding hydrogens is 385 g/mol. The van der Waals surface area contributed by atoms with E-state index in [-0.39, 0.29) is 24.3 Å². The van der Waals surface area contributed by atoms with Gasteiger partial charge in [0, 0.05) is 16.9 Å². The highest BCUT2D eigenvalue weighted by Gasteiger charge is 2.17. The maximum atomic E-state index is 13.1. The second kappa shape index (κ2) is 9.21. The third-order valence-corrected chi connectivity index (χ3v) is 4.65. The number of urea groups is 1. The van der Waals surface area contributed by atoms with Crippen LogP contribution >= 0.6 is 0 Å². The van der Waals surface area contributed by atoms with Gasteiger partial charge in [0.2, 0.25) is 5.91 Å². The smallest absolute Gasteiger partial charge is 0.319 e. The SMILES string of the molecule is Cc1cccc(NC(=O)NCC(=O)NC(C)c2cnn(-c3ccc(F)cc3)c2C)c1. The molecule has 1 atom stereocenters. The minimum Gasteiger partial charge on any atom is -0.348 e. The van der Waals surface area contributed by atoms with Crippen LogP contribution in [0.4, 0.5) is 14.9 Å². The molecule has 8 heteroatoms. The highest BCUT2D eigenvalue weighted by Crippen LogP contribution is 2.20. The van der Waals surface area contributed by atoms with Gasteiger partial charge in [-0.2, -0.15) is 5.10 Å². The number of aromatic nitrogens is 2. The maximum Gasteiger partial charge on any atom is 0.319 e. The highest BCUT2D eigenvalue weighted by atomic mass is 19.1. The summed E-state index contributed by atoms with van der Waals surface area (Å²) < 4.78 is 14.8. The Balaban J connectivity index is 1.54. The van der Waals surface area contributed by atoms with E-state index < -0.39 is 6.03 Å². The van der Waals surface area contributed by atoms with Crippen LogP contribution in [-0.2, 0) is 4.79 Å². The van der Waals surface area contributed by atoms with Crippen LogP contribution in [0.5, 0.6) is 0 Å². The number of aryl methyl sites for hydroxylation is 1. The summed E-state index contributed by atoms with van der Waals surface area (Å²) in [6, 6.07) is 12.6. The van der Waals surface area contributed by atoms with Crippen molar-refractivity contribution in [2.45, 2.75) is 26.8 Å². The molecule has 156 valence electrons.